The van der Waals surface area contributed by atoms with E-state index in [0.29, 0.717) is 17.3 Å². The van der Waals surface area contributed by atoms with E-state index in [1.54, 1.807) is 6.07 Å². The van der Waals surface area contributed by atoms with Gasteiger partial charge in [-0.2, -0.15) is 0 Å². The molecule has 6 heteroatoms. The number of hydrogen-bond donors (Lipinski definition) is 2. The summed E-state index contributed by atoms with van der Waals surface area (Å²) in [6, 6.07) is 10.4. The van der Waals surface area contributed by atoms with Crippen LogP contribution in [0.25, 0.3) is 0 Å². The Kier molecular flexibility index (Phi) is 5.74. The first-order chi connectivity index (χ1) is 13.7. The van der Waals surface area contributed by atoms with Gasteiger partial charge in [-0.05, 0) is 56.9 Å². The number of anilines is 3. The minimum Gasteiger partial charge on any atom is -0.372 e. The minimum absolute atomic E-state index is 0.107. The predicted octanol–water partition coefficient (Wildman–Crippen LogP) is 4.19. The number of nitrogens with one attached hydrogen (secondary N) is 2. The molecule has 1 aliphatic carbocycles. The highest BCUT2D eigenvalue weighted by Gasteiger charge is 2.18. The molecule has 2 N–H and O–H groups in total. The Hall–Kier alpha value is -2.63. The normalized spacial score (nSPS) is 17.5. The summed E-state index contributed by atoms with van der Waals surface area (Å²) in [6.07, 6.45) is 8.30. The van der Waals surface area contributed by atoms with Crippen molar-refractivity contribution in [3.63, 3.8) is 0 Å². The van der Waals surface area contributed by atoms with Gasteiger partial charge in [0.15, 0.2) is 0 Å². The van der Waals surface area contributed by atoms with Gasteiger partial charge in [-0.25, -0.2) is 9.97 Å². The summed E-state index contributed by atoms with van der Waals surface area (Å²) in [5.41, 5.74) is 2.64. The third-order valence-electron chi connectivity index (χ3n) is 5.62. The maximum Gasteiger partial charge on any atom is 0.270 e. The van der Waals surface area contributed by atoms with Gasteiger partial charge in [-0.15, -0.1) is 0 Å². The van der Waals surface area contributed by atoms with Crippen LogP contribution >= 0.6 is 0 Å². The van der Waals surface area contributed by atoms with Crippen molar-refractivity contribution >= 4 is 23.1 Å². The number of aryl methyl sites for hydroxylation is 1. The molecule has 1 amide bonds. The minimum atomic E-state index is -0.107. The average molecular weight is 380 g/mol. The molecule has 1 aromatic heterocycles. The van der Waals surface area contributed by atoms with Gasteiger partial charge < -0.3 is 15.5 Å². The molecule has 2 aliphatic rings. The van der Waals surface area contributed by atoms with Gasteiger partial charge in [0.25, 0.3) is 5.91 Å². The van der Waals surface area contributed by atoms with Crippen molar-refractivity contribution in [1.29, 1.82) is 0 Å². The maximum atomic E-state index is 12.6. The van der Waals surface area contributed by atoms with Crippen LogP contribution in [0, 0.1) is 6.92 Å². The molecule has 6 nitrogen and oxygen atoms in total. The topological polar surface area (TPSA) is 70.2 Å². The fraction of sp³-hybridized carbons (Fsp3) is 0.500. The summed E-state index contributed by atoms with van der Waals surface area (Å²) in [7, 11) is 0. The van der Waals surface area contributed by atoms with E-state index in [-0.39, 0.29) is 11.9 Å². The Balaban J connectivity index is 1.43. The monoisotopic (exact) mass is 379 g/mol. The van der Waals surface area contributed by atoms with E-state index in [1.165, 1.54) is 37.8 Å². The molecule has 1 aromatic carbocycles. The molecule has 0 spiro atoms. The van der Waals surface area contributed by atoms with Crippen LogP contribution in [0.4, 0.5) is 17.2 Å². The van der Waals surface area contributed by atoms with E-state index >= 15 is 0 Å². The van der Waals surface area contributed by atoms with Crippen LogP contribution in [-0.2, 0) is 0 Å². The molecule has 1 saturated heterocycles. The number of rotatable bonds is 5. The molecule has 1 saturated carbocycles. The van der Waals surface area contributed by atoms with Crippen LogP contribution in [-0.4, -0.2) is 35.0 Å². The molecule has 2 aromatic rings. The van der Waals surface area contributed by atoms with Crippen molar-refractivity contribution < 1.29 is 4.79 Å². The second-order valence-electron chi connectivity index (χ2n) is 7.86. The summed E-state index contributed by atoms with van der Waals surface area (Å²) in [5.74, 6) is 1.13. The summed E-state index contributed by atoms with van der Waals surface area (Å²) in [4.78, 5) is 23.8. The van der Waals surface area contributed by atoms with Crippen LogP contribution in [0.5, 0.6) is 0 Å². The summed E-state index contributed by atoms with van der Waals surface area (Å²) < 4.78 is 0. The predicted molar refractivity (Wildman–Crippen MR) is 112 cm³/mol. The standard InChI is InChI=1S/C22H29N5O/c1-16-23-20(22(28)26-17-7-3-2-4-8-17)15-21(24-16)25-18-9-11-19(12-10-18)27-13-5-6-14-27/h9-12,15,17H,2-8,13-14H2,1H3,(H,26,28)(H,23,24,25). The number of amides is 1. The maximum absolute atomic E-state index is 12.6. The molecule has 0 unspecified atom stereocenters. The van der Waals surface area contributed by atoms with Gasteiger partial charge in [0.05, 0.1) is 0 Å². The average Bonchev–Trinajstić information content (AvgIpc) is 3.24. The quantitative estimate of drug-likeness (QED) is 0.815. The Morgan fingerprint density at radius 1 is 1.00 bits per heavy atom. The molecule has 2 heterocycles. The van der Waals surface area contributed by atoms with E-state index in [1.807, 2.05) is 6.92 Å². The van der Waals surface area contributed by atoms with Crippen molar-refractivity contribution in [3.05, 3.63) is 41.9 Å². The fourth-order valence-corrected chi connectivity index (χ4v) is 4.13. The molecule has 2 fully saturated rings. The number of nitrogens with zero attached hydrogens (tertiary/aromatic N) is 3. The molecule has 148 valence electrons. The molecule has 0 radical (unpaired) electrons. The second kappa shape index (κ2) is 8.59. The van der Waals surface area contributed by atoms with Crippen molar-refractivity contribution in [1.82, 2.24) is 15.3 Å². The SMILES string of the molecule is Cc1nc(Nc2ccc(N3CCCC3)cc2)cc(C(=O)NC2CCCCC2)n1. The van der Waals surface area contributed by atoms with Gasteiger partial charge in [0, 0.05) is 36.6 Å². The third kappa shape index (κ3) is 4.61. The molecular formula is C22H29N5O. The zero-order valence-electron chi connectivity index (χ0n) is 16.6. The summed E-state index contributed by atoms with van der Waals surface area (Å²) in [5, 5.41) is 6.44. The lowest BCUT2D eigenvalue weighted by molar-refractivity contribution is 0.0922. The Labute approximate surface area is 166 Å². The van der Waals surface area contributed by atoms with Crippen molar-refractivity contribution in [2.75, 3.05) is 23.3 Å². The first kappa shape index (κ1) is 18.7. The highest BCUT2D eigenvalue weighted by Crippen LogP contribution is 2.24. The first-order valence-corrected chi connectivity index (χ1v) is 10.5. The number of hydrogen-bond acceptors (Lipinski definition) is 5. The lowest BCUT2D eigenvalue weighted by Crippen LogP contribution is -2.36. The highest BCUT2D eigenvalue weighted by molar-refractivity contribution is 5.93. The van der Waals surface area contributed by atoms with Gasteiger partial charge in [0.1, 0.15) is 17.3 Å². The van der Waals surface area contributed by atoms with E-state index in [2.05, 4.69) is 49.8 Å². The van der Waals surface area contributed by atoms with Crippen molar-refractivity contribution in [2.45, 2.75) is 57.9 Å². The molecule has 0 atom stereocenters. The van der Waals surface area contributed by atoms with Crippen molar-refractivity contribution in [2.24, 2.45) is 0 Å². The van der Waals surface area contributed by atoms with E-state index in [0.717, 1.165) is 31.6 Å². The van der Waals surface area contributed by atoms with Gasteiger partial charge in [0.2, 0.25) is 0 Å². The zero-order chi connectivity index (χ0) is 19.3. The molecular weight excluding hydrogens is 350 g/mol. The van der Waals surface area contributed by atoms with Crippen LogP contribution in [0.2, 0.25) is 0 Å². The number of aromatic nitrogens is 2. The smallest absolute Gasteiger partial charge is 0.270 e. The second-order valence-corrected chi connectivity index (χ2v) is 7.86. The van der Waals surface area contributed by atoms with Crippen LogP contribution < -0.4 is 15.5 Å². The van der Waals surface area contributed by atoms with Crippen LogP contribution in [0.3, 0.4) is 0 Å². The number of benzene rings is 1. The number of carbonyl (C=O) groups excluding carboxylic acids is 1. The molecule has 28 heavy (non-hydrogen) atoms. The molecule has 1 aliphatic heterocycles. The first-order valence-electron chi connectivity index (χ1n) is 10.5. The van der Waals surface area contributed by atoms with Gasteiger partial charge >= 0.3 is 0 Å². The zero-order valence-corrected chi connectivity index (χ0v) is 16.6. The lowest BCUT2D eigenvalue weighted by atomic mass is 9.95. The Morgan fingerprint density at radius 2 is 1.71 bits per heavy atom. The molecule has 0 bridgehead atoms. The Bertz CT molecular complexity index is 808. The van der Waals surface area contributed by atoms with E-state index in [4.69, 9.17) is 0 Å². The Morgan fingerprint density at radius 3 is 2.43 bits per heavy atom. The van der Waals surface area contributed by atoms with Gasteiger partial charge in [-0.1, -0.05) is 19.3 Å². The molecule has 4 rings (SSSR count). The summed E-state index contributed by atoms with van der Waals surface area (Å²) in [6.45, 7) is 4.09. The van der Waals surface area contributed by atoms with Crippen LogP contribution in [0.15, 0.2) is 30.3 Å². The summed E-state index contributed by atoms with van der Waals surface area (Å²) >= 11 is 0. The largest absolute Gasteiger partial charge is 0.372 e. The van der Waals surface area contributed by atoms with E-state index in [9.17, 15) is 4.79 Å². The van der Waals surface area contributed by atoms with Crippen LogP contribution in [0.1, 0.15) is 61.3 Å². The van der Waals surface area contributed by atoms with Crippen molar-refractivity contribution in [3.8, 4) is 0 Å². The highest BCUT2D eigenvalue weighted by atomic mass is 16.1. The number of carbonyl (C=O) groups is 1. The fourth-order valence-electron chi connectivity index (χ4n) is 4.13. The lowest BCUT2D eigenvalue weighted by Gasteiger charge is -2.22. The third-order valence-corrected chi connectivity index (χ3v) is 5.62. The van der Waals surface area contributed by atoms with Gasteiger partial charge in [-0.3, -0.25) is 4.79 Å². The van der Waals surface area contributed by atoms with E-state index < -0.39 is 0 Å².